The smallest absolute Gasteiger partial charge is 0.238 e. The summed E-state index contributed by atoms with van der Waals surface area (Å²) in [5, 5.41) is 3.33. The Morgan fingerprint density at radius 2 is 1.90 bits per heavy atom. The van der Waals surface area contributed by atoms with Crippen LogP contribution in [0.2, 0.25) is 0 Å². The normalized spacial score (nSPS) is 26.8. The first kappa shape index (κ1) is 17.4. The van der Waals surface area contributed by atoms with Crippen LogP contribution < -0.4 is 11.1 Å². The molecule has 0 spiro atoms. The van der Waals surface area contributed by atoms with Gasteiger partial charge < -0.3 is 16.0 Å². The SMILES string of the molecule is CCC1CCC(N(C)CC(C)(NC(C)C)C(N)=O)CC1. The maximum atomic E-state index is 11.8. The molecule has 20 heavy (non-hydrogen) atoms. The maximum absolute atomic E-state index is 11.8. The molecule has 0 saturated heterocycles. The van der Waals surface area contributed by atoms with Crippen LogP contribution in [0.1, 0.15) is 59.8 Å². The summed E-state index contributed by atoms with van der Waals surface area (Å²) in [7, 11) is 2.13. The van der Waals surface area contributed by atoms with Crippen LogP contribution in [0.3, 0.4) is 0 Å². The van der Waals surface area contributed by atoms with Gasteiger partial charge in [-0.15, -0.1) is 0 Å². The molecule has 0 aromatic heterocycles. The lowest BCUT2D eigenvalue weighted by molar-refractivity contribution is -0.125. The number of nitrogens with two attached hydrogens (primary N) is 1. The van der Waals surface area contributed by atoms with Crippen molar-refractivity contribution in [1.29, 1.82) is 0 Å². The van der Waals surface area contributed by atoms with Gasteiger partial charge in [0.1, 0.15) is 5.54 Å². The fourth-order valence-electron chi connectivity index (χ4n) is 3.45. The second-order valence-corrected chi connectivity index (χ2v) is 6.99. The van der Waals surface area contributed by atoms with E-state index in [2.05, 4.69) is 24.2 Å². The molecule has 0 heterocycles. The predicted molar refractivity (Wildman–Crippen MR) is 84.5 cm³/mol. The van der Waals surface area contributed by atoms with Gasteiger partial charge in [0.05, 0.1) is 0 Å². The molecule has 1 fully saturated rings. The molecule has 1 aliphatic carbocycles. The lowest BCUT2D eigenvalue weighted by Crippen LogP contribution is -2.62. The molecule has 4 nitrogen and oxygen atoms in total. The molecule has 0 radical (unpaired) electrons. The summed E-state index contributed by atoms with van der Waals surface area (Å²) in [5.41, 5.74) is 4.96. The Bertz CT molecular complexity index is 311. The summed E-state index contributed by atoms with van der Waals surface area (Å²) in [6.45, 7) is 8.98. The molecule has 0 bridgehead atoms. The zero-order valence-corrected chi connectivity index (χ0v) is 13.9. The molecule has 1 aliphatic rings. The van der Waals surface area contributed by atoms with E-state index in [-0.39, 0.29) is 11.9 Å². The Morgan fingerprint density at radius 3 is 2.30 bits per heavy atom. The second kappa shape index (κ2) is 7.41. The van der Waals surface area contributed by atoms with Gasteiger partial charge >= 0.3 is 0 Å². The average Bonchev–Trinajstić information content (AvgIpc) is 2.37. The Hall–Kier alpha value is -0.610. The van der Waals surface area contributed by atoms with Crippen molar-refractivity contribution in [1.82, 2.24) is 10.2 Å². The van der Waals surface area contributed by atoms with Crippen molar-refractivity contribution in [2.75, 3.05) is 13.6 Å². The van der Waals surface area contributed by atoms with Crippen LogP contribution in [-0.2, 0) is 4.79 Å². The molecular formula is C16H33N3O. The minimum Gasteiger partial charge on any atom is -0.368 e. The molecule has 1 saturated carbocycles. The number of amides is 1. The minimum absolute atomic E-state index is 0.247. The van der Waals surface area contributed by atoms with Gasteiger partial charge in [-0.1, -0.05) is 13.3 Å². The van der Waals surface area contributed by atoms with E-state index in [1.54, 1.807) is 0 Å². The van der Waals surface area contributed by atoms with Crippen molar-refractivity contribution in [3.8, 4) is 0 Å². The van der Waals surface area contributed by atoms with Crippen LogP contribution in [0.4, 0.5) is 0 Å². The highest BCUT2D eigenvalue weighted by Crippen LogP contribution is 2.29. The number of hydrogen-bond donors (Lipinski definition) is 2. The van der Waals surface area contributed by atoms with Crippen LogP contribution >= 0.6 is 0 Å². The number of primary amides is 1. The van der Waals surface area contributed by atoms with E-state index in [1.807, 2.05) is 20.8 Å². The van der Waals surface area contributed by atoms with E-state index in [0.717, 1.165) is 5.92 Å². The summed E-state index contributed by atoms with van der Waals surface area (Å²) in [6, 6.07) is 0.835. The molecule has 1 atom stereocenters. The monoisotopic (exact) mass is 283 g/mol. The Morgan fingerprint density at radius 1 is 1.35 bits per heavy atom. The van der Waals surface area contributed by atoms with Crippen LogP contribution in [0.25, 0.3) is 0 Å². The zero-order chi connectivity index (χ0) is 15.3. The Labute approximate surface area is 124 Å². The van der Waals surface area contributed by atoms with Crippen LogP contribution in [-0.4, -0.2) is 42.0 Å². The van der Waals surface area contributed by atoms with Gasteiger partial charge in [-0.3, -0.25) is 4.79 Å². The van der Waals surface area contributed by atoms with Crippen molar-refractivity contribution >= 4 is 5.91 Å². The number of nitrogens with zero attached hydrogens (tertiary/aromatic N) is 1. The molecule has 3 N–H and O–H groups in total. The van der Waals surface area contributed by atoms with Gasteiger partial charge in [0.15, 0.2) is 0 Å². The fourth-order valence-corrected chi connectivity index (χ4v) is 3.45. The molecule has 1 unspecified atom stereocenters. The maximum Gasteiger partial charge on any atom is 0.238 e. The summed E-state index contributed by atoms with van der Waals surface area (Å²) in [5.74, 6) is 0.635. The quantitative estimate of drug-likeness (QED) is 0.752. The predicted octanol–water partition coefficient (Wildman–Crippen LogP) is 2.13. The summed E-state index contributed by atoms with van der Waals surface area (Å²) < 4.78 is 0. The first-order chi connectivity index (χ1) is 9.28. The molecule has 0 aromatic carbocycles. The number of carbonyl (C=O) groups excluding carboxylic acids is 1. The number of nitrogens with one attached hydrogen (secondary N) is 1. The number of hydrogen-bond acceptors (Lipinski definition) is 3. The van der Waals surface area contributed by atoms with Crippen molar-refractivity contribution in [3.05, 3.63) is 0 Å². The van der Waals surface area contributed by atoms with Gasteiger partial charge in [0.25, 0.3) is 0 Å². The van der Waals surface area contributed by atoms with Crippen molar-refractivity contribution in [2.24, 2.45) is 11.7 Å². The summed E-state index contributed by atoms with van der Waals surface area (Å²) >= 11 is 0. The standard InChI is InChI=1S/C16H33N3O/c1-6-13-7-9-14(10-8-13)19(5)11-16(4,15(17)20)18-12(2)3/h12-14,18H,6-11H2,1-5H3,(H2,17,20). The van der Waals surface area contributed by atoms with E-state index < -0.39 is 5.54 Å². The Balaban J connectivity index is 2.58. The molecule has 0 aliphatic heterocycles. The summed E-state index contributed by atoms with van der Waals surface area (Å²) in [4.78, 5) is 14.1. The van der Waals surface area contributed by atoms with Gasteiger partial charge in [-0.25, -0.2) is 0 Å². The highest BCUT2D eigenvalue weighted by molar-refractivity contribution is 5.84. The topological polar surface area (TPSA) is 58.4 Å². The van der Waals surface area contributed by atoms with E-state index in [1.165, 1.54) is 32.1 Å². The molecule has 4 heteroatoms. The average molecular weight is 283 g/mol. The molecule has 1 rings (SSSR count). The first-order valence-electron chi connectivity index (χ1n) is 8.06. The van der Waals surface area contributed by atoms with Crippen molar-refractivity contribution in [3.63, 3.8) is 0 Å². The van der Waals surface area contributed by atoms with Crippen LogP contribution in [0.5, 0.6) is 0 Å². The van der Waals surface area contributed by atoms with Gasteiger partial charge in [-0.2, -0.15) is 0 Å². The van der Waals surface area contributed by atoms with E-state index >= 15 is 0 Å². The molecule has 0 aromatic rings. The van der Waals surface area contributed by atoms with E-state index in [9.17, 15) is 4.79 Å². The van der Waals surface area contributed by atoms with Crippen LogP contribution in [0, 0.1) is 5.92 Å². The zero-order valence-electron chi connectivity index (χ0n) is 13.9. The van der Waals surface area contributed by atoms with Crippen molar-refractivity contribution in [2.45, 2.75) is 77.4 Å². The highest BCUT2D eigenvalue weighted by Gasteiger charge is 2.35. The fraction of sp³-hybridized carbons (Fsp3) is 0.938. The highest BCUT2D eigenvalue weighted by atomic mass is 16.1. The van der Waals surface area contributed by atoms with Crippen LogP contribution in [0.15, 0.2) is 0 Å². The lowest BCUT2D eigenvalue weighted by Gasteiger charge is -2.40. The first-order valence-corrected chi connectivity index (χ1v) is 8.06. The van der Waals surface area contributed by atoms with E-state index in [4.69, 9.17) is 5.73 Å². The Kier molecular flexibility index (Phi) is 6.46. The van der Waals surface area contributed by atoms with Gasteiger partial charge in [-0.05, 0) is 59.4 Å². The van der Waals surface area contributed by atoms with Gasteiger partial charge in [0.2, 0.25) is 5.91 Å². The third-order valence-corrected chi connectivity index (χ3v) is 4.73. The van der Waals surface area contributed by atoms with Gasteiger partial charge in [0, 0.05) is 18.6 Å². The largest absolute Gasteiger partial charge is 0.368 e. The number of likely N-dealkylation sites (N-methyl/N-ethyl adjacent to an activating group) is 1. The number of carbonyl (C=O) groups is 1. The molecular weight excluding hydrogens is 250 g/mol. The lowest BCUT2D eigenvalue weighted by atomic mass is 9.83. The molecule has 118 valence electrons. The van der Waals surface area contributed by atoms with Crippen molar-refractivity contribution < 1.29 is 4.79 Å². The third-order valence-electron chi connectivity index (χ3n) is 4.73. The summed E-state index contributed by atoms with van der Waals surface area (Å²) in [6.07, 6.45) is 6.41. The molecule has 1 amide bonds. The third kappa shape index (κ3) is 4.74. The minimum atomic E-state index is -0.648. The van der Waals surface area contributed by atoms with E-state index in [0.29, 0.717) is 12.6 Å². The second-order valence-electron chi connectivity index (χ2n) is 6.99. The number of rotatable bonds is 7.